The van der Waals surface area contributed by atoms with Gasteiger partial charge in [0.15, 0.2) is 5.84 Å². The van der Waals surface area contributed by atoms with E-state index in [-0.39, 0.29) is 11.9 Å². The Morgan fingerprint density at radius 3 is 2.88 bits per heavy atom. The van der Waals surface area contributed by atoms with Gasteiger partial charge in [-0.2, -0.15) is 0 Å². The number of aryl methyl sites for hydroxylation is 1. The van der Waals surface area contributed by atoms with Gasteiger partial charge in [-0.25, -0.2) is 0 Å². The monoisotopic (exact) mass is 235 g/mol. The maximum Gasteiger partial charge on any atom is 0.172 e. The molecular formula is C12H17N3O2. The summed E-state index contributed by atoms with van der Waals surface area (Å²) in [4.78, 5) is 2.08. The smallest absolute Gasteiger partial charge is 0.172 e. The number of oxime groups is 1. The lowest BCUT2D eigenvalue weighted by Crippen LogP contribution is -2.26. The second-order valence-corrected chi connectivity index (χ2v) is 4.34. The largest absolute Gasteiger partial charge is 0.409 e. The fourth-order valence-electron chi connectivity index (χ4n) is 2.28. The van der Waals surface area contributed by atoms with E-state index in [1.165, 1.54) is 0 Å². The van der Waals surface area contributed by atoms with Gasteiger partial charge < -0.3 is 20.9 Å². The third-order valence-electron chi connectivity index (χ3n) is 3.10. The number of hydrogen-bond donors (Lipinski definition) is 3. The molecule has 1 fully saturated rings. The van der Waals surface area contributed by atoms with Crippen LogP contribution in [-0.4, -0.2) is 35.3 Å². The minimum atomic E-state index is -0.297. The first-order chi connectivity index (χ1) is 8.13. The second kappa shape index (κ2) is 4.63. The molecule has 0 saturated carbocycles. The number of aliphatic hydroxyl groups excluding tert-OH is 1. The van der Waals surface area contributed by atoms with E-state index in [0.717, 1.165) is 24.2 Å². The molecule has 1 heterocycles. The van der Waals surface area contributed by atoms with Crippen molar-refractivity contribution in [3.05, 3.63) is 29.3 Å². The molecular weight excluding hydrogens is 218 g/mol. The van der Waals surface area contributed by atoms with Crippen molar-refractivity contribution in [2.24, 2.45) is 10.9 Å². The van der Waals surface area contributed by atoms with Gasteiger partial charge in [0.05, 0.1) is 11.8 Å². The van der Waals surface area contributed by atoms with Crippen LogP contribution in [0, 0.1) is 6.92 Å². The number of β-amino-alcohol motifs (C(OH)–C–C–N with tert-alkyl or cyclic N) is 1. The lowest BCUT2D eigenvalue weighted by molar-refractivity contribution is 0.198. The van der Waals surface area contributed by atoms with E-state index in [1.54, 1.807) is 0 Å². The summed E-state index contributed by atoms with van der Waals surface area (Å²) in [5.41, 5.74) is 8.39. The molecule has 5 nitrogen and oxygen atoms in total. The zero-order valence-corrected chi connectivity index (χ0v) is 9.80. The minimum Gasteiger partial charge on any atom is -0.409 e. The lowest BCUT2D eigenvalue weighted by atomic mass is 10.1. The highest BCUT2D eigenvalue weighted by molar-refractivity contribution is 6.02. The van der Waals surface area contributed by atoms with Crippen molar-refractivity contribution in [2.75, 3.05) is 18.0 Å². The quantitative estimate of drug-likeness (QED) is 0.304. The van der Waals surface area contributed by atoms with Crippen LogP contribution in [0.1, 0.15) is 17.5 Å². The van der Waals surface area contributed by atoms with Gasteiger partial charge in [-0.05, 0) is 25.0 Å². The fourth-order valence-corrected chi connectivity index (χ4v) is 2.28. The SMILES string of the molecule is Cc1cccc(/C(N)=N/O)c1N1CCC(O)C1. The number of rotatable bonds is 2. The van der Waals surface area contributed by atoms with Crippen LogP contribution < -0.4 is 10.6 Å². The Hall–Kier alpha value is -1.75. The summed E-state index contributed by atoms with van der Waals surface area (Å²) < 4.78 is 0. The molecule has 5 heteroatoms. The van der Waals surface area contributed by atoms with E-state index >= 15 is 0 Å². The zero-order chi connectivity index (χ0) is 12.4. The summed E-state index contributed by atoms with van der Waals surface area (Å²) in [6, 6.07) is 5.68. The molecule has 0 aliphatic carbocycles. The van der Waals surface area contributed by atoms with Crippen molar-refractivity contribution >= 4 is 11.5 Å². The maximum atomic E-state index is 9.59. The molecule has 1 aliphatic rings. The van der Waals surface area contributed by atoms with Crippen LogP contribution in [-0.2, 0) is 0 Å². The average Bonchev–Trinajstić information content (AvgIpc) is 2.74. The summed E-state index contributed by atoms with van der Waals surface area (Å²) in [5, 5.41) is 21.4. The topological polar surface area (TPSA) is 82.1 Å². The normalized spacial score (nSPS) is 20.9. The molecule has 1 aliphatic heterocycles. The standard InChI is InChI=1S/C12H17N3O2/c1-8-3-2-4-10(12(13)14-17)11(8)15-6-5-9(16)7-15/h2-4,9,16-17H,5-7H2,1H3,(H2,13,14). The van der Waals surface area contributed by atoms with E-state index in [0.29, 0.717) is 12.1 Å². The molecule has 1 atom stereocenters. The minimum absolute atomic E-state index is 0.102. The highest BCUT2D eigenvalue weighted by atomic mass is 16.4. The molecule has 2 rings (SSSR count). The Morgan fingerprint density at radius 1 is 1.53 bits per heavy atom. The third-order valence-corrected chi connectivity index (χ3v) is 3.10. The van der Waals surface area contributed by atoms with Crippen LogP contribution in [0.5, 0.6) is 0 Å². The van der Waals surface area contributed by atoms with Crippen LogP contribution in [0.3, 0.4) is 0 Å². The number of nitrogens with two attached hydrogens (primary N) is 1. The summed E-state index contributed by atoms with van der Waals surface area (Å²) in [6.45, 7) is 3.36. The van der Waals surface area contributed by atoms with Crippen molar-refractivity contribution in [2.45, 2.75) is 19.4 Å². The molecule has 0 bridgehead atoms. The van der Waals surface area contributed by atoms with Gasteiger partial charge >= 0.3 is 0 Å². The van der Waals surface area contributed by atoms with Gasteiger partial charge in [-0.3, -0.25) is 0 Å². The Bertz CT molecular complexity index is 445. The molecule has 0 amide bonds. The van der Waals surface area contributed by atoms with Crippen molar-refractivity contribution in [1.29, 1.82) is 0 Å². The summed E-state index contributed by atoms with van der Waals surface area (Å²) in [6.07, 6.45) is 0.457. The Balaban J connectivity index is 2.44. The highest BCUT2D eigenvalue weighted by Crippen LogP contribution is 2.28. The lowest BCUT2D eigenvalue weighted by Gasteiger charge is -2.23. The molecule has 92 valence electrons. The van der Waals surface area contributed by atoms with Crippen molar-refractivity contribution in [1.82, 2.24) is 0 Å². The maximum absolute atomic E-state index is 9.59. The molecule has 0 aromatic heterocycles. The predicted molar refractivity (Wildman–Crippen MR) is 66.5 cm³/mol. The molecule has 0 radical (unpaired) electrons. The number of aliphatic hydroxyl groups is 1. The fraction of sp³-hybridized carbons (Fsp3) is 0.417. The number of amidine groups is 1. The van der Waals surface area contributed by atoms with Gasteiger partial charge in [0.25, 0.3) is 0 Å². The highest BCUT2D eigenvalue weighted by Gasteiger charge is 2.24. The Kier molecular flexibility index (Phi) is 3.19. The molecule has 0 spiro atoms. The van der Waals surface area contributed by atoms with Gasteiger partial charge in [-0.15, -0.1) is 0 Å². The summed E-state index contributed by atoms with van der Waals surface area (Å²) in [7, 11) is 0. The van der Waals surface area contributed by atoms with Crippen LogP contribution in [0.15, 0.2) is 23.4 Å². The van der Waals surface area contributed by atoms with Gasteiger partial charge in [0, 0.05) is 18.7 Å². The third kappa shape index (κ3) is 2.19. The Labute approximate surface area is 100 Å². The van der Waals surface area contributed by atoms with Crippen LogP contribution in [0.4, 0.5) is 5.69 Å². The van der Waals surface area contributed by atoms with Crippen molar-refractivity contribution < 1.29 is 10.3 Å². The number of para-hydroxylation sites is 1. The molecule has 1 aromatic carbocycles. The average molecular weight is 235 g/mol. The van der Waals surface area contributed by atoms with Gasteiger partial charge in [0.1, 0.15) is 0 Å². The number of anilines is 1. The van der Waals surface area contributed by atoms with Gasteiger partial charge in [-0.1, -0.05) is 17.3 Å². The second-order valence-electron chi connectivity index (χ2n) is 4.34. The van der Waals surface area contributed by atoms with Crippen LogP contribution >= 0.6 is 0 Å². The van der Waals surface area contributed by atoms with Crippen molar-refractivity contribution in [3.8, 4) is 0 Å². The molecule has 4 N–H and O–H groups in total. The molecule has 1 saturated heterocycles. The van der Waals surface area contributed by atoms with Crippen molar-refractivity contribution in [3.63, 3.8) is 0 Å². The summed E-state index contributed by atoms with van der Waals surface area (Å²) in [5.74, 6) is 0.102. The molecule has 1 unspecified atom stereocenters. The van der Waals surface area contributed by atoms with E-state index < -0.39 is 0 Å². The first kappa shape index (κ1) is 11.7. The Morgan fingerprint density at radius 2 is 2.29 bits per heavy atom. The van der Waals surface area contributed by atoms with Crippen LogP contribution in [0.25, 0.3) is 0 Å². The molecule has 17 heavy (non-hydrogen) atoms. The van der Waals surface area contributed by atoms with Crippen LogP contribution in [0.2, 0.25) is 0 Å². The zero-order valence-electron chi connectivity index (χ0n) is 9.80. The first-order valence-electron chi connectivity index (χ1n) is 5.64. The number of benzene rings is 1. The predicted octanol–water partition coefficient (Wildman–Crippen LogP) is 0.661. The van der Waals surface area contributed by atoms with E-state index in [2.05, 4.69) is 10.1 Å². The van der Waals surface area contributed by atoms with E-state index in [9.17, 15) is 5.11 Å². The molecule has 1 aromatic rings. The number of nitrogens with zero attached hydrogens (tertiary/aromatic N) is 2. The summed E-state index contributed by atoms with van der Waals surface area (Å²) >= 11 is 0. The first-order valence-corrected chi connectivity index (χ1v) is 5.64. The van der Waals surface area contributed by atoms with E-state index in [4.69, 9.17) is 10.9 Å². The van der Waals surface area contributed by atoms with E-state index in [1.807, 2.05) is 25.1 Å². The number of hydrogen-bond acceptors (Lipinski definition) is 4. The van der Waals surface area contributed by atoms with Gasteiger partial charge in [0.2, 0.25) is 0 Å².